The first kappa shape index (κ1) is 7.95. The number of hydrogen-bond acceptors (Lipinski definition) is 2. The maximum Gasteiger partial charge on any atom is 0.123 e. The molecule has 0 aliphatic carbocycles. The summed E-state index contributed by atoms with van der Waals surface area (Å²) in [5, 5.41) is 9.08. The van der Waals surface area contributed by atoms with Crippen molar-refractivity contribution in [2.75, 3.05) is 6.61 Å². The van der Waals surface area contributed by atoms with E-state index in [-0.39, 0.29) is 12.2 Å². The van der Waals surface area contributed by atoms with E-state index in [4.69, 9.17) is 9.84 Å². The summed E-state index contributed by atoms with van der Waals surface area (Å²) in [6.45, 7) is 1.95. The molecule has 1 fully saturated rings. The van der Waals surface area contributed by atoms with E-state index in [2.05, 4.69) is 0 Å². The number of alkyl halides is 1. The Kier molecular flexibility index (Phi) is 2.63. The van der Waals surface area contributed by atoms with Crippen LogP contribution in [0.3, 0.4) is 0 Å². The highest BCUT2D eigenvalue weighted by Crippen LogP contribution is 2.17. The van der Waals surface area contributed by atoms with E-state index in [1.807, 2.05) is 0 Å². The SMILES string of the molecule is CC(F)[C@@H]1C[C@H](O)CCO1. The topological polar surface area (TPSA) is 29.5 Å². The Morgan fingerprint density at radius 2 is 2.40 bits per heavy atom. The van der Waals surface area contributed by atoms with Crippen LogP contribution in [0.4, 0.5) is 4.39 Å². The number of halogens is 1. The van der Waals surface area contributed by atoms with Crippen molar-refractivity contribution in [3.8, 4) is 0 Å². The Morgan fingerprint density at radius 3 is 2.80 bits per heavy atom. The summed E-state index contributed by atoms with van der Waals surface area (Å²) in [6, 6.07) is 0. The van der Waals surface area contributed by atoms with Crippen molar-refractivity contribution in [3.05, 3.63) is 0 Å². The van der Waals surface area contributed by atoms with Gasteiger partial charge in [0, 0.05) is 13.0 Å². The van der Waals surface area contributed by atoms with Crippen LogP contribution in [-0.2, 0) is 4.74 Å². The van der Waals surface area contributed by atoms with Gasteiger partial charge >= 0.3 is 0 Å². The Labute approximate surface area is 60.0 Å². The number of ether oxygens (including phenoxy) is 1. The maximum atomic E-state index is 12.5. The van der Waals surface area contributed by atoms with E-state index in [9.17, 15) is 4.39 Å². The van der Waals surface area contributed by atoms with E-state index < -0.39 is 6.17 Å². The summed E-state index contributed by atoms with van der Waals surface area (Å²) >= 11 is 0. The molecule has 60 valence electrons. The average molecular weight is 148 g/mol. The van der Waals surface area contributed by atoms with Crippen LogP contribution in [0.5, 0.6) is 0 Å². The molecule has 1 saturated heterocycles. The summed E-state index contributed by atoms with van der Waals surface area (Å²) in [4.78, 5) is 0. The van der Waals surface area contributed by atoms with Crippen LogP contribution in [0.2, 0.25) is 0 Å². The van der Waals surface area contributed by atoms with Crippen LogP contribution >= 0.6 is 0 Å². The Morgan fingerprint density at radius 1 is 1.70 bits per heavy atom. The van der Waals surface area contributed by atoms with Gasteiger partial charge in [-0.15, -0.1) is 0 Å². The molecule has 1 unspecified atom stereocenters. The Bertz CT molecular complexity index is 106. The third-order valence-corrected chi connectivity index (χ3v) is 1.80. The van der Waals surface area contributed by atoms with Gasteiger partial charge in [0.1, 0.15) is 6.17 Å². The van der Waals surface area contributed by atoms with Gasteiger partial charge in [0.2, 0.25) is 0 Å². The molecular weight excluding hydrogens is 135 g/mol. The van der Waals surface area contributed by atoms with E-state index in [0.717, 1.165) is 0 Å². The van der Waals surface area contributed by atoms with Gasteiger partial charge in [-0.25, -0.2) is 4.39 Å². The van der Waals surface area contributed by atoms with Crippen LogP contribution in [0.25, 0.3) is 0 Å². The van der Waals surface area contributed by atoms with Gasteiger partial charge in [-0.05, 0) is 13.3 Å². The molecule has 10 heavy (non-hydrogen) atoms. The first-order chi connectivity index (χ1) is 4.70. The van der Waals surface area contributed by atoms with Crippen molar-refractivity contribution in [2.45, 2.75) is 38.1 Å². The van der Waals surface area contributed by atoms with Crippen LogP contribution in [0.1, 0.15) is 19.8 Å². The zero-order valence-electron chi connectivity index (χ0n) is 6.09. The molecule has 1 rings (SSSR count). The molecule has 0 aromatic rings. The predicted molar refractivity (Wildman–Crippen MR) is 35.6 cm³/mol. The molecule has 1 N–H and O–H groups in total. The molecule has 3 atom stereocenters. The molecule has 1 aliphatic rings. The molecule has 0 saturated carbocycles. The summed E-state index contributed by atoms with van der Waals surface area (Å²) in [6.07, 6.45) is -0.628. The number of rotatable bonds is 1. The van der Waals surface area contributed by atoms with Gasteiger partial charge in [0.15, 0.2) is 0 Å². The van der Waals surface area contributed by atoms with Gasteiger partial charge in [-0.3, -0.25) is 0 Å². The summed E-state index contributed by atoms with van der Waals surface area (Å²) in [5.74, 6) is 0. The zero-order chi connectivity index (χ0) is 7.56. The van der Waals surface area contributed by atoms with Crippen molar-refractivity contribution in [1.29, 1.82) is 0 Å². The lowest BCUT2D eigenvalue weighted by Gasteiger charge is -2.27. The van der Waals surface area contributed by atoms with E-state index in [1.165, 1.54) is 6.92 Å². The molecule has 1 heterocycles. The first-order valence-corrected chi connectivity index (χ1v) is 3.64. The second-order valence-electron chi connectivity index (χ2n) is 2.76. The molecule has 0 spiro atoms. The van der Waals surface area contributed by atoms with Crippen molar-refractivity contribution in [2.24, 2.45) is 0 Å². The van der Waals surface area contributed by atoms with Gasteiger partial charge in [-0.1, -0.05) is 0 Å². The fourth-order valence-electron chi connectivity index (χ4n) is 1.13. The molecule has 0 bridgehead atoms. The molecular formula is C7H13FO2. The van der Waals surface area contributed by atoms with Gasteiger partial charge < -0.3 is 9.84 Å². The largest absolute Gasteiger partial charge is 0.393 e. The van der Waals surface area contributed by atoms with E-state index in [1.54, 1.807) is 0 Å². The second-order valence-corrected chi connectivity index (χ2v) is 2.76. The van der Waals surface area contributed by atoms with Gasteiger partial charge in [0.25, 0.3) is 0 Å². The highest BCUT2D eigenvalue weighted by atomic mass is 19.1. The molecule has 0 aromatic heterocycles. The highest BCUT2D eigenvalue weighted by molar-refractivity contribution is 4.74. The quantitative estimate of drug-likeness (QED) is 0.598. The minimum absolute atomic E-state index is 0.364. The fourth-order valence-corrected chi connectivity index (χ4v) is 1.13. The number of hydrogen-bond donors (Lipinski definition) is 1. The third kappa shape index (κ3) is 1.92. The standard InChI is InChI=1S/C7H13FO2/c1-5(8)7-4-6(9)2-3-10-7/h5-7,9H,2-4H2,1H3/t5?,6-,7+/m1/s1. The monoisotopic (exact) mass is 148 g/mol. The summed E-state index contributed by atoms with van der Waals surface area (Å²) < 4.78 is 17.6. The predicted octanol–water partition coefficient (Wildman–Crippen LogP) is 0.884. The lowest BCUT2D eigenvalue weighted by atomic mass is 10.0. The molecule has 2 nitrogen and oxygen atoms in total. The molecule has 0 amide bonds. The minimum atomic E-state index is -0.963. The van der Waals surface area contributed by atoms with Gasteiger partial charge in [0.05, 0.1) is 12.2 Å². The maximum absolute atomic E-state index is 12.5. The molecule has 3 heteroatoms. The van der Waals surface area contributed by atoms with E-state index in [0.29, 0.717) is 19.4 Å². The Balaban J connectivity index is 2.32. The van der Waals surface area contributed by atoms with E-state index >= 15 is 0 Å². The lowest BCUT2D eigenvalue weighted by molar-refractivity contribution is -0.0721. The van der Waals surface area contributed by atoms with Crippen molar-refractivity contribution in [3.63, 3.8) is 0 Å². The van der Waals surface area contributed by atoms with Crippen molar-refractivity contribution < 1.29 is 14.2 Å². The lowest BCUT2D eigenvalue weighted by Crippen LogP contribution is -2.34. The third-order valence-electron chi connectivity index (χ3n) is 1.80. The zero-order valence-corrected chi connectivity index (χ0v) is 6.09. The summed E-state index contributed by atoms with van der Waals surface area (Å²) in [7, 11) is 0. The highest BCUT2D eigenvalue weighted by Gasteiger charge is 2.25. The van der Waals surface area contributed by atoms with Crippen LogP contribution in [-0.4, -0.2) is 30.1 Å². The number of aliphatic hydroxyl groups is 1. The first-order valence-electron chi connectivity index (χ1n) is 3.64. The van der Waals surface area contributed by atoms with Crippen LogP contribution in [0.15, 0.2) is 0 Å². The molecule has 0 radical (unpaired) electrons. The molecule has 0 aromatic carbocycles. The van der Waals surface area contributed by atoms with Crippen molar-refractivity contribution in [1.82, 2.24) is 0 Å². The van der Waals surface area contributed by atoms with Gasteiger partial charge in [-0.2, -0.15) is 0 Å². The second kappa shape index (κ2) is 3.30. The summed E-state index contributed by atoms with van der Waals surface area (Å²) in [5.41, 5.74) is 0. The average Bonchev–Trinajstić information content (AvgIpc) is 1.88. The van der Waals surface area contributed by atoms with Crippen LogP contribution in [0, 0.1) is 0 Å². The smallest absolute Gasteiger partial charge is 0.123 e. The van der Waals surface area contributed by atoms with Crippen LogP contribution < -0.4 is 0 Å². The number of aliphatic hydroxyl groups excluding tert-OH is 1. The fraction of sp³-hybridized carbons (Fsp3) is 1.00. The Hall–Kier alpha value is -0.150. The molecule has 1 aliphatic heterocycles. The van der Waals surface area contributed by atoms with Crippen molar-refractivity contribution >= 4 is 0 Å². The normalized spacial score (nSPS) is 37.5. The minimum Gasteiger partial charge on any atom is -0.393 e.